The predicted molar refractivity (Wildman–Crippen MR) is 149 cm³/mol. The molecule has 6 rings (SSSR count). The van der Waals surface area contributed by atoms with Gasteiger partial charge < -0.3 is 25.0 Å². The second-order valence-electron chi connectivity index (χ2n) is 10.7. The van der Waals surface area contributed by atoms with Gasteiger partial charge in [-0.3, -0.25) is 14.7 Å². The molecule has 0 aromatic heterocycles. The van der Waals surface area contributed by atoms with E-state index in [4.69, 9.17) is 21.7 Å². The summed E-state index contributed by atoms with van der Waals surface area (Å²) in [6.07, 6.45) is 2.65. The van der Waals surface area contributed by atoms with E-state index < -0.39 is 0 Å². The van der Waals surface area contributed by atoms with Gasteiger partial charge >= 0.3 is 0 Å². The normalized spacial score (nSPS) is 29.2. The maximum Gasteiger partial charge on any atom is 0.166 e. The average molecular weight is 517 g/mol. The van der Waals surface area contributed by atoms with Crippen LogP contribution in [0.1, 0.15) is 12.8 Å². The lowest BCUT2D eigenvalue weighted by atomic mass is 9.75. The summed E-state index contributed by atoms with van der Waals surface area (Å²) in [6, 6.07) is 9.01. The smallest absolute Gasteiger partial charge is 0.166 e. The zero-order valence-electron chi connectivity index (χ0n) is 21.9. The van der Waals surface area contributed by atoms with Crippen molar-refractivity contribution in [1.29, 1.82) is 0 Å². The molecule has 5 heterocycles. The van der Waals surface area contributed by atoms with Crippen LogP contribution < -0.4 is 20.3 Å². The highest BCUT2D eigenvalue weighted by molar-refractivity contribution is 7.80. The van der Waals surface area contributed by atoms with Gasteiger partial charge in [-0.15, -0.1) is 0 Å². The monoisotopic (exact) mass is 516 g/mol. The van der Waals surface area contributed by atoms with Gasteiger partial charge in [0.1, 0.15) is 5.75 Å². The molecule has 8 nitrogen and oxygen atoms in total. The summed E-state index contributed by atoms with van der Waals surface area (Å²) in [5.74, 6) is 2.62. The Morgan fingerprint density at radius 1 is 1.03 bits per heavy atom. The van der Waals surface area contributed by atoms with Crippen LogP contribution >= 0.6 is 12.2 Å². The third-order valence-electron chi connectivity index (χ3n) is 8.62. The standard InChI is InChI=1S/C27H44N6O2S/c1-34-26-5-3-2-4-25(26)32-12-10-31(11-13-32)20-23-21-33-8-6-22(23)18-24(33)19-29-27(36)28-7-9-30-14-16-35-17-15-30/h2-5,22-24H,6-21H2,1H3,(H2,28,29,36). The van der Waals surface area contributed by atoms with E-state index in [1.165, 1.54) is 38.2 Å². The quantitative estimate of drug-likeness (QED) is 0.474. The number of benzene rings is 1. The van der Waals surface area contributed by atoms with Gasteiger partial charge in [0.2, 0.25) is 0 Å². The number of nitrogens with zero attached hydrogens (tertiary/aromatic N) is 4. The minimum absolute atomic E-state index is 0.612. The molecule has 2 bridgehead atoms. The molecule has 5 aliphatic rings. The van der Waals surface area contributed by atoms with Gasteiger partial charge in [-0.05, 0) is 55.6 Å². The Hall–Kier alpha value is -1.65. The van der Waals surface area contributed by atoms with Gasteiger partial charge in [0, 0.05) is 78.0 Å². The molecule has 5 fully saturated rings. The molecule has 1 aromatic carbocycles. The van der Waals surface area contributed by atoms with Gasteiger partial charge in [-0.25, -0.2) is 0 Å². The van der Waals surface area contributed by atoms with E-state index in [0.717, 1.165) is 94.8 Å². The number of thiocarbonyl (C=S) groups is 1. The zero-order chi connectivity index (χ0) is 24.7. The van der Waals surface area contributed by atoms with E-state index in [-0.39, 0.29) is 0 Å². The molecule has 5 aliphatic heterocycles. The number of methoxy groups -OCH3 is 1. The lowest BCUT2D eigenvalue weighted by Gasteiger charge is -2.51. The van der Waals surface area contributed by atoms with Crippen molar-refractivity contribution in [3.63, 3.8) is 0 Å². The van der Waals surface area contributed by atoms with Crippen LogP contribution in [0.25, 0.3) is 0 Å². The predicted octanol–water partition coefficient (Wildman–Crippen LogP) is 1.32. The largest absolute Gasteiger partial charge is 0.495 e. The number of morpholine rings is 1. The number of nitrogens with one attached hydrogen (secondary N) is 2. The molecule has 1 aromatic rings. The minimum atomic E-state index is 0.612. The van der Waals surface area contributed by atoms with Gasteiger partial charge in [-0.1, -0.05) is 12.1 Å². The molecule has 5 saturated heterocycles. The molecule has 0 saturated carbocycles. The van der Waals surface area contributed by atoms with Crippen molar-refractivity contribution in [2.75, 3.05) is 104 Å². The summed E-state index contributed by atoms with van der Waals surface area (Å²) in [5.41, 5.74) is 1.23. The second kappa shape index (κ2) is 12.7. The van der Waals surface area contributed by atoms with Crippen molar-refractivity contribution in [3.8, 4) is 5.75 Å². The first-order chi connectivity index (χ1) is 17.7. The fraction of sp³-hybridized carbons (Fsp3) is 0.741. The van der Waals surface area contributed by atoms with Crippen LogP contribution in [0.4, 0.5) is 5.69 Å². The Bertz CT molecular complexity index is 845. The van der Waals surface area contributed by atoms with Crippen LogP contribution in [0, 0.1) is 11.8 Å². The molecular formula is C27H44N6O2S. The number of ether oxygens (including phenoxy) is 2. The van der Waals surface area contributed by atoms with E-state index in [1.54, 1.807) is 7.11 Å². The van der Waals surface area contributed by atoms with Crippen LogP contribution in [-0.4, -0.2) is 125 Å². The van der Waals surface area contributed by atoms with Gasteiger partial charge in [-0.2, -0.15) is 0 Å². The first-order valence-corrected chi connectivity index (χ1v) is 14.3. The fourth-order valence-electron chi connectivity index (χ4n) is 6.49. The number of hydrogen-bond acceptors (Lipinski definition) is 7. The first-order valence-electron chi connectivity index (χ1n) is 13.9. The third-order valence-corrected chi connectivity index (χ3v) is 8.91. The molecule has 9 heteroatoms. The number of rotatable bonds is 9. The van der Waals surface area contributed by atoms with E-state index in [1.807, 2.05) is 6.07 Å². The SMILES string of the molecule is COc1ccccc1N1CCN(CC2CN3CCC2CC3CNC(=S)NCCN2CCOCC2)CC1. The molecule has 0 spiro atoms. The van der Waals surface area contributed by atoms with Crippen molar-refractivity contribution in [3.05, 3.63) is 24.3 Å². The maximum atomic E-state index is 5.59. The second-order valence-corrected chi connectivity index (χ2v) is 11.2. The lowest BCUT2D eigenvalue weighted by Crippen LogP contribution is -2.59. The van der Waals surface area contributed by atoms with Crippen LogP contribution in [-0.2, 0) is 4.74 Å². The van der Waals surface area contributed by atoms with Crippen molar-refractivity contribution in [2.45, 2.75) is 18.9 Å². The Balaban J connectivity index is 1.01. The molecule has 0 aliphatic carbocycles. The molecule has 36 heavy (non-hydrogen) atoms. The molecule has 200 valence electrons. The van der Waals surface area contributed by atoms with Crippen LogP contribution in [0.15, 0.2) is 24.3 Å². The number of fused-ring (bicyclic) bond motifs is 3. The maximum absolute atomic E-state index is 5.59. The molecule has 0 radical (unpaired) electrons. The third kappa shape index (κ3) is 6.61. The Morgan fingerprint density at radius 2 is 1.83 bits per heavy atom. The summed E-state index contributed by atoms with van der Waals surface area (Å²) in [7, 11) is 1.77. The zero-order valence-corrected chi connectivity index (χ0v) is 22.7. The Kier molecular flexibility index (Phi) is 9.19. The van der Waals surface area contributed by atoms with Crippen LogP contribution in [0.5, 0.6) is 5.75 Å². The number of piperazine rings is 1. The fourth-order valence-corrected chi connectivity index (χ4v) is 6.67. The van der Waals surface area contributed by atoms with Gasteiger partial charge in [0.25, 0.3) is 0 Å². The number of anilines is 1. The summed E-state index contributed by atoms with van der Waals surface area (Å²) in [4.78, 5) is 10.3. The molecular weight excluding hydrogens is 472 g/mol. The summed E-state index contributed by atoms with van der Waals surface area (Å²) in [6.45, 7) is 14.8. The number of piperidine rings is 3. The topological polar surface area (TPSA) is 55.5 Å². The number of para-hydroxylation sites is 2. The first kappa shape index (κ1) is 26.0. The highest BCUT2D eigenvalue weighted by Crippen LogP contribution is 2.37. The van der Waals surface area contributed by atoms with E-state index in [2.05, 4.69) is 48.4 Å². The highest BCUT2D eigenvalue weighted by atomic mass is 32.1. The molecule has 2 N–H and O–H groups in total. The summed E-state index contributed by atoms with van der Waals surface area (Å²) < 4.78 is 11.0. The summed E-state index contributed by atoms with van der Waals surface area (Å²) >= 11 is 5.56. The van der Waals surface area contributed by atoms with Crippen molar-refractivity contribution in [1.82, 2.24) is 25.3 Å². The van der Waals surface area contributed by atoms with E-state index >= 15 is 0 Å². The lowest BCUT2D eigenvalue weighted by molar-refractivity contribution is -0.0110. The van der Waals surface area contributed by atoms with Crippen molar-refractivity contribution < 1.29 is 9.47 Å². The molecule has 0 amide bonds. The highest BCUT2D eigenvalue weighted by Gasteiger charge is 2.40. The van der Waals surface area contributed by atoms with Crippen LogP contribution in [0.2, 0.25) is 0 Å². The number of hydrogen-bond donors (Lipinski definition) is 2. The molecule has 4 unspecified atom stereocenters. The summed E-state index contributed by atoms with van der Waals surface area (Å²) in [5, 5.41) is 7.71. The van der Waals surface area contributed by atoms with E-state index in [9.17, 15) is 0 Å². The van der Waals surface area contributed by atoms with Crippen molar-refractivity contribution >= 4 is 23.0 Å². The van der Waals surface area contributed by atoms with Crippen molar-refractivity contribution in [2.24, 2.45) is 11.8 Å². The Labute approximate surface area is 222 Å². The van der Waals surface area contributed by atoms with Gasteiger partial charge in [0.05, 0.1) is 26.0 Å². The Morgan fingerprint density at radius 3 is 2.58 bits per heavy atom. The minimum Gasteiger partial charge on any atom is -0.495 e. The average Bonchev–Trinajstić information content (AvgIpc) is 2.93. The van der Waals surface area contributed by atoms with E-state index in [0.29, 0.717) is 6.04 Å². The van der Waals surface area contributed by atoms with Gasteiger partial charge in [0.15, 0.2) is 5.11 Å². The van der Waals surface area contributed by atoms with Crippen LogP contribution in [0.3, 0.4) is 0 Å². The molecule has 4 atom stereocenters.